The van der Waals surface area contributed by atoms with Crippen LogP contribution in [0.1, 0.15) is 44.7 Å². The lowest BCUT2D eigenvalue weighted by Gasteiger charge is -2.35. The second-order valence-corrected chi connectivity index (χ2v) is 5.19. The molecule has 0 amide bonds. The van der Waals surface area contributed by atoms with Crippen LogP contribution in [-0.4, -0.2) is 15.7 Å². The molecule has 1 aromatic rings. The van der Waals surface area contributed by atoms with Gasteiger partial charge in [-0.05, 0) is 37.8 Å². The highest BCUT2D eigenvalue weighted by Crippen LogP contribution is 2.34. The standard InChI is InChI=1S/C14H21NO/c1-14(16,12-7-3-2-4-8-12)11-13-9-5-6-10-15-13/h5-6,9-10,12,16H,2-4,7-8,11H2,1H3. The van der Waals surface area contributed by atoms with E-state index in [1.54, 1.807) is 6.20 Å². The highest BCUT2D eigenvalue weighted by molar-refractivity contribution is 5.07. The lowest BCUT2D eigenvalue weighted by atomic mass is 9.76. The molecule has 1 heterocycles. The fourth-order valence-corrected chi connectivity index (χ4v) is 2.74. The first kappa shape index (κ1) is 11.6. The molecule has 0 aliphatic heterocycles. The third-order valence-corrected chi connectivity index (χ3v) is 3.75. The first-order valence-corrected chi connectivity index (χ1v) is 6.31. The zero-order chi connectivity index (χ0) is 11.4. The molecule has 1 saturated carbocycles. The molecule has 1 aliphatic rings. The molecule has 2 heteroatoms. The molecule has 1 unspecified atom stereocenters. The van der Waals surface area contributed by atoms with Crippen LogP contribution < -0.4 is 0 Å². The summed E-state index contributed by atoms with van der Waals surface area (Å²) in [5.74, 6) is 0.447. The van der Waals surface area contributed by atoms with Gasteiger partial charge in [-0.25, -0.2) is 0 Å². The number of aliphatic hydroxyl groups is 1. The van der Waals surface area contributed by atoms with Crippen LogP contribution in [-0.2, 0) is 6.42 Å². The van der Waals surface area contributed by atoms with E-state index in [0.717, 1.165) is 5.69 Å². The molecule has 0 saturated heterocycles. The summed E-state index contributed by atoms with van der Waals surface area (Å²) in [7, 11) is 0. The Morgan fingerprint density at radius 2 is 2.06 bits per heavy atom. The molecule has 0 radical (unpaired) electrons. The van der Waals surface area contributed by atoms with Crippen molar-refractivity contribution in [1.82, 2.24) is 4.98 Å². The van der Waals surface area contributed by atoms with Crippen molar-refractivity contribution in [2.24, 2.45) is 5.92 Å². The van der Waals surface area contributed by atoms with Gasteiger partial charge in [-0.1, -0.05) is 25.3 Å². The van der Waals surface area contributed by atoms with Gasteiger partial charge in [-0.3, -0.25) is 4.98 Å². The van der Waals surface area contributed by atoms with Gasteiger partial charge in [0.1, 0.15) is 0 Å². The Hall–Kier alpha value is -0.890. The van der Waals surface area contributed by atoms with E-state index in [1.165, 1.54) is 32.1 Å². The summed E-state index contributed by atoms with van der Waals surface area (Å²) in [5, 5.41) is 10.6. The summed E-state index contributed by atoms with van der Waals surface area (Å²) in [4.78, 5) is 4.30. The highest BCUT2D eigenvalue weighted by atomic mass is 16.3. The van der Waals surface area contributed by atoms with Gasteiger partial charge in [0.2, 0.25) is 0 Å². The predicted molar refractivity (Wildman–Crippen MR) is 65.1 cm³/mol. The van der Waals surface area contributed by atoms with Crippen molar-refractivity contribution in [2.45, 2.75) is 51.0 Å². The molecule has 1 aliphatic carbocycles. The van der Waals surface area contributed by atoms with Gasteiger partial charge in [0, 0.05) is 18.3 Å². The number of pyridine rings is 1. The Morgan fingerprint density at radius 1 is 1.31 bits per heavy atom. The normalized spacial score (nSPS) is 21.6. The van der Waals surface area contributed by atoms with Gasteiger partial charge in [0.05, 0.1) is 5.60 Å². The van der Waals surface area contributed by atoms with Crippen LogP contribution in [0, 0.1) is 5.92 Å². The summed E-state index contributed by atoms with van der Waals surface area (Å²) in [6, 6.07) is 5.90. The van der Waals surface area contributed by atoms with Crippen LogP contribution in [0.5, 0.6) is 0 Å². The Kier molecular flexibility index (Phi) is 3.59. The maximum atomic E-state index is 10.6. The minimum Gasteiger partial charge on any atom is -0.389 e. The molecule has 0 spiro atoms. The van der Waals surface area contributed by atoms with Gasteiger partial charge >= 0.3 is 0 Å². The second kappa shape index (κ2) is 4.96. The lowest BCUT2D eigenvalue weighted by molar-refractivity contribution is -0.0166. The molecule has 16 heavy (non-hydrogen) atoms. The first-order valence-electron chi connectivity index (χ1n) is 6.31. The molecule has 88 valence electrons. The van der Waals surface area contributed by atoms with Crippen molar-refractivity contribution >= 4 is 0 Å². The molecular formula is C14H21NO. The summed E-state index contributed by atoms with van der Waals surface area (Å²) in [6.45, 7) is 1.97. The molecule has 0 bridgehead atoms. The van der Waals surface area contributed by atoms with E-state index in [4.69, 9.17) is 0 Å². The summed E-state index contributed by atoms with van der Waals surface area (Å²) in [6.07, 6.45) is 8.67. The molecule has 1 fully saturated rings. The molecule has 2 nitrogen and oxygen atoms in total. The largest absolute Gasteiger partial charge is 0.389 e. The molecule has 0 aromatic carbocycles. The summed E-state index contributed by atoms with van der Waals surface area (Å²) >= 11 is 0. The summed E-state index contributed by atoms with van der Waals surface area (Å²) < 4.78 is 0. The highest BCUT2D eigenvalue weighted by Gasteiger charge is 2.33. The minimum absolute atomic E-state index is 0.447. The van der Waals surface area contributed by atoms with Crippen molar-refractivity contribution in [3.63, 3.8) is 0 Å². The number of hydrogen-bond acceptors (Lipinski definition) is 2. The number of rotatable bonds is 3. The van der Waals surface area contributed by atoms with E-state index < -0.39 is 5.60 Å². The molecule has 2 rings (SSSR count). The molecule has 1 aromatic heterocycles. The zero-order valence-corrected chi connectivity index (χ0v) is 10.0. The van der Waals surface area contributed by atoms with E-state index in [9.17, 15) is 5.11 Å². The Bertz CT molecular complexity index is 315. The van der Waals surface area contributed by atoms with Gasteiger partial charge in [0.25, 0.3) is 0 Å². The molecule has 1 N–H and O–H groups in total. The number of nitrogens with zero attached hydrogens (tertiary/aromatic N) is 1. The van der Waals surface area contributed by atoms with Gasteiger partial charge in [-0.2, -0.15) is 0 Å². The van der Waals surface area contributed by atoms with Crippen molar-refractivity contribution in [3.05, 3.63) is 30.1 Å². The Balaban J connectivity index is 2.01. The van der Waals surface area contributed by atoms with Crippen molar-refractivity contribution in [3.8, 4) is 0 Å². The van der Waals surface area contributed by atoms with Crippen molar-refractivity contribution in [1.29, 1.82) is 0 Å². The van der Waals surface area contributed by atoms with E-state index in [0.29, 0.717) is 12.3 Å². The Morgan fingerprint density at radius 3 is 2.69 bits per heavy atom. The third-order valence-electron chi connectivity index (χ3n) is 3.75. The number of hydrogen-bond donors (Lipinski definition) is 1. The average molecular weight is 219 g/mol. The second-order valence-electron chi connectivity index (χ2n) is 5.19. The van der Waals surface area contributed by atoms with E-state index in [-0.39, 0.29) is 0 Å². The number of aromatic nitrogens is 1. The van der Waals surface area contributed by atoms with Crippen LogP contribution >= 0.6 is 0 Å². The van der Waals surface area contributed by atoms with Crippen molar-refractivity contribution < 1.29 is 5.11 Å². The predicted octanol–water partition coefficient (Wildman–Crippen LogP) is 2.96. The quantitative estimate of drug-likeness (QED) is 0.848. The SMILES string of the molecule is CC(O)(Cc1ccccn1)C1CCCCC1. The zero-order valence-electron chi connectivity index (χ0n) is 10.0. The Labute approximate surface area is 97.7 Å². The van der Waals surface area contributed by atoms with Gasteiger partial charge < -0.3 is 5.11 Å². The first-order chi connectivity index (χ1) is 7.68. The average Bonchev–Trinajstić information content (AvgIpc) is 2.31. The van der Waals surface area contributed by atoms with Crippen LogP contribution in [0.15, 0.2) is 24.4 Å². The molecular weight excluding hydrogens is 198 g/mol. The van der Waals surface area contributed by atoms with Crippen LogP contribution in [0.4, 0.5) is 0 Å². The fourth-order valence-electron chi connectivity index (χ4n) is 2.74. The topological polar surface area (TPSA) is 33.1 Å². The van der Waals surface area contributed by atoms with Crippen LogP contribution in [0.25, 0.3) is 0 Å². The lowest BCUT2D eigenvalue weighted by Crippen LogP contribution is -2.38. The van der Waals surface area contributed by atoms with Crippen LogP contribution in [0.3, 0.4) is 0 Å². The monoisotopic (exact) mass is 219 g/mol. The fraction of sp³-hybridized carbons (Fsp3) is 0.643. The maximum absolute atomic E-state index is 10.6. The molecule has 1 atom stereocenters. The maximum Gasteiger partial charge on any atom is 0.0703 e. The third kappa shape index (κ3) is 2.82. The minimum atomic E-state index is -0.589. The van der Waals surface area contributed by atoms with Crippen LogP contribution in [0.2, 0.25) is 0 Å². The summed E-state index contributed by atoms with van der Waals surface area (Å²) in [5.41, 5.74) is 0.410. The van der Waals surface area contributed by atoms with E-state index in [1.807, 2.05) is 25.1 Å². The van der Waals surface area contributed by atoms with E-state index in [2.05, 4.69) is 4.98 Å². The van der Waals surface area contributed by atoms with Crippen molar-refractivity contribution in [2.75, 3.05) is 0 Å². The van der Waals surface area contributed by atoms with Gasteiger partial charge in [0.15, 0.2) is 0 Å². The van der Waals surface area contributed by atoms with E-state index >= 15 is 0 Å². The smallest absolute Gasteiger partial charge is 0.0703 e. The van der Waals surface area contributed by atoms with Gasteiger partial charge in [-0.15, -0.1) is 0 Å².